The fourth-order valence-electron chi connectivity index (χ4n) is 3.70. The van der Waals surface area contributed by atoms with Gasteiger partial charge in [-0.2, -0.15) is 0 Å². The van der Waals surface area contributed by atoms with Crippen molar-refractivity contribution in [1.29, 1.82) is 0 Å². The zero-order valence-corrected chi connectivity index (χ0v) is 18.9. The van der Waals surface area contributed by atoms with Crippen LogP contribution in [-0.4, -0.2) is 34.9 Å². The average Bonchev–Trinajstić information content (AvgIpc) is 2.69. The molecule has 28 heavy (non-hydrogen) atoms. The molecule has 0 rings (SSSR count). The lowest BCUT2D eigenvalue weighted by Gasteiger charge is -2.21. The van der Waals surface area contributed by atoms with Crippen molar-refractivity contribution in [1.82, 2.24) is 5.32 Å². The number of amides is 1. The van der Waals surface area contributed by atoms with E-state index in [-0.39, 0.29) is 12.5 Å². The van der Waals surface area contributed by atoms with E-state index in [1.807, 2.05) is 6.92 Å². The molecule has 0 aromatic rings. The second-order valence-corrected chi connectivity index (χ2v) is 8.41. The molecule has 0 saturated carbocycles. The van der Waals surface area contributed by atoms with Gasteiger partial charge in [-0.05, 0) is 12.8 Å². The molecule has 0 saturated heterocycles. The maximum absolute atomic E-state index is 11.9. The molecule has 0 radical (unpaired) electrons. The summed E-state index contributed by atoms with van der Waals surface area (Å²) in [5.74, 6) is -0.0519. The predicted molar refractivity (Wildman–Crippen MR) is 119 cm³/mol. The Morgan fingerprint density at radius 1 is 0.714 bits per heavy atom. The van der Waals surface area contributed by atoms with E-state index < -0.39 is 12.1 Å². The number of hydrogen-bond acceptors (Lipinski definition) is 3. The molecule has 0 aliphatic rings. The van der Waals surface area contributed by atoms with Crippen molar-refractivity contribution in [2.75, 3.05) is 6.61 Å². The van der Waals surface area contributed by atoms with E-state index >= 15 is 0 Å². The zero-order chi connectivity index (χ0) is 20.9. The van der Waals surface area contributed by atoms with Gasteiger partial charge >= 0.3 is 0 Å². The van der Waals surface area contributed by atoms with Crippen molar-refractivity contribution in [3.05, 3.63) is 0 Å². The van der Waals surface area contributed by atoms with Gasteiger partial charge in [0.05, 0.1) is 18.8 Å². The third kappa shape index (κ3) is 17.5. The van der Waals surface area contributed by atoms with Crippen LogP contribution >= 0.6 is 0 Å². The van der Waals surface area contributed by atoms with E-state index in [0.29, 0.717) is 12.8 Å². The van der Waals surface area contributed by atoms with E-state index in [2.05, 4.69) is 12.2 Å². The quantitative estimate of drug-likeness (QED) is 0.211. The second-order valence-electron chi connectivity index (χ2n) is 8.41. The molecule has 0 heterocycles. The Morgan fingerprint density at radius 2 is 1.14 bits per heavy atom. The third-order valence-electron chi connectivity index (χ3n) is 5.60. The monoisotopic (exact) mass is 399 g/mol. The van der Waals surface area contributed by atoms with Crippen molar-refractivity contribution in [3.8, 4) is 0 Å². The Balaban J connectivity index is 3.37. The van der Waals surface area contributed by atoms with Crippen molar-refractivity contribution >= 4 is 5.91 Å². The van der Waals surface area contributed by atoms with Gasteiger partial charge in [-0.25, -0.2) is 0 Å². The maximum atomic E-state index is 11.9. The Labute approximate surface area is 174 Å². The van der Waals surface area contributed by atoms with Crippen molar-refractivity contribution in [2.24, 2.45) is 0 Å². The number of carbonyl (C=O) groups excluding carboxylic acids is 1. The summed E-state index contributed by atoms with van der Waals surface area (Å²) in [7, 11) is 0. The van der Waals surface area contributed by atoms with Gasteiger partial charge in [0.25, 0.3) is 0 Å². The molecule has 0 unspecified atom stereocenters. The average molecular weight is 400 g/mol. The molecule has 168 valence electrons. The van der Waals surface area contributed by atoms with Gasteiger partial charge < -0.3 is 15.5 Å². The van der Waals surface area contributed by atoms with E-state index in [9.17, 15) is 15.0 Å². The topological polar surface area (TPSA) is 69.6 Å². The molecule has 0 aromatic carbocycles. The Kier molecular flexibility index (Phi) is 20.6. The minimum atomic E-state index is -0.653. The lowest BCUT2D eigenvalue weighted by atomic mass is 10.0. The number of nitrogens with one attached hydrogen (secondary N) is 1. The van der Waals surface area contributed by atoms with Crippen molar-refractivity contribution < 1.29 is 15.0 Å². The Hall–Kier alpha value is -0.610. The first-order valence-electron chi connectivity index (χ1n) is 12.2. The summed E-state index contributed by atoms with van der Waals surface area (Å²) in [6.07, 6.45) is 21.0. The van der Waals surface area contributed by atoms with Crippen LogP contribution in [0.1, 0.15) is 129 Å². The number of hydrogen-bond donors (Lipinski definition) is 3. The number of unbranched alkanes of at least 4 members (excludes halogenated alkanes) is 14. The second kappa shape index (κ2) is 21.1. The lowest BCUT2D eigenvalue weighted by Crippen LogP contribution is -2.45. The third-order valence-corrected chi connectivity index (χ3v) is 5.60. The molecule has 0 aliphatic carbocycles. The molecular formula is C24H49NO3. The van der Waals surface area contributed by atoms with Crippen LogP contribution in [0.2, 0.25) is 0 Å². The molecule has 3 N–H and O–H groups in total. The zero-order valence-electron chi connectivity index (χ0n) is 18.9. The normalized spacial score (nSPS) is 13.4. The number of aliphatic hydroxyl groups excluding tert-OH is 2. The highest BCUT2D eigenvalue weighted by atomic mass is 16.3. The highest BCUT2D eigenvalue weighted by Crippen LogP contribution is 2.13. The molecule has 0 fully saturated rings. The standard InChI is InChI=1S/C24H49NO3/c1-3-5-6-7-8-9-10-11-12-13-14-15-16-17-18-20-24(28)25-22(21-26)23(27)19-4-2/h22-23,26-27H,3-21H2,1-2H3,(H,25,28)/t22-,23+/m1/s1. The van der Waals surface area contributed by atoms with Crippen LogP contribution in [-0.2, 0) is 4.79 Å². The fourth-order valence-corrected chi connectivity index (χ4v) is 3.70. The Bertz CT molecular complexity index is 336. The van der Waals surface area contributed by atoms with Crippen LogP contribution in [0, 0.1) is 0 Å². The van der Waals surface area contributed by atoms with E-state index in [1.54, 1.807) is 0 Å². The van der Waals surface area contributed by atoms with Gasteiger partial charge in [-0.1, -0.05) is 110 Å². The lowest BCUT2D eigenvalue weighted by molar-refractivity contribution is -0.123. The van der Waals surface area contributed by atoms with Crippen LogP contribution in [0.3, 0.4) is 0 Å². The first-order chi connectivity index (χ1) is 13.7. The molecule has 1 amide bonds. The molecule has 0 aromatic heterocycles. The SMILES string of the molecule is CCCCCCCCCCCCCCCCCC(=O)N[C@H](CO)[C@@H](O)CCC. The van der Waals surface area contributed by atoms with Gasteiger partial charge in [-0.15, -0.1) is 0 Å². The smallest absolute Gasteiger partial charge is 0.220 e. The summed E-state index contributed by atoms with van der Waals surface area (Å²) in [6, 6.07) is -0.524. The van der Waals surface area contributed by atoms with Crippen LogP contribution in [0.4, 0.5) is 0 Å². The van der Waals surface area contributed by atoms with Gasteiger partial charge in [0, 0.05) is 6.42 Å². The fraction of sp³-hybridized carbons (Fsp3) is 0.958. The first kappa shape index (κ1) is 27.4. The predicted octanol–water partition coefficient (Wildman–Crippen LogP) is 5.89. The summed E-state index contributed by atoms with van der Waals surface area (Å²) < 4.78 is 0. The molecule has 4 nitrogen and oxygen atoms in total. The maximum Gasteiger partial charge on any atom is 0.220 e. The number of aliphatic hydroxyl groups is 2. The number of carbonyl (C=O) groups is 1. The van der Waals surface area contributed by atoms with Gasteiger partial charge in [0.2, 0.25) is 5.91 Å². The van der Waals surface area contributed by atoms with Crippen molar-refractivity contribution in [2.45, 2.75) is 142 Å². The van der Waals surface area contributed by atoms with Crippen LogP contribution in [0.5, 0.6) is 0 Å². The molecule has 0 spiro atoms. The minimum absolute atomic E-state index is 0.0519. The highest BCUT2D eigenvalue weighted by molar-refractivity contribution is 5.76. The van der Waals surface area contributed by atoms with E-state index in [1.165, 1.54) is 83.5 Å². The van der Waals surface area contributed by atoms with Crippen LogP contribution in [0.25, 0.3) is 0 Å². The summed E-state index contributed by atoms with van der Waals surface area (Å²) in [6.45, 7) is 4.05. The van der Waals surface area contributed by atoms with Crippen molar-refractivity contribution in [3.63, 3.8) is 0 Å². The van der Waals surface area contributed by atoms with Crippen LogP contribution < -0.4 is 5.32 Å². The summed E-state index contributed by atoms with van der Waals surface area (Å²) in [5, 5.41) is 21.9. The molecule has 0 bridgehead atoms. The minimum Gasteiger partial charge on any atom is -0.394 e. The van der Waals surface area contributed by atoms with Crippen LogP contribution in [0.15, 0.2) is 0 Å². The summed E-state index contributed by atoms with van der Waals surface area (Å²) in [5.41, 5.74) is 0. The van der Waals surface area contributed by atoms with Gasteiger partial charge in [0.1, 0.15) is 0 Å². The largest absolute Gasteiger partial charge is 0.394 e. The summed E-state index contributed by atoms with van der Waals surface area (Å²) >= 11 is 0. The number of rotatable bonds is 21. The van der Waals surface area contributed by atoms with E-state index in [0.717, 1.165) is 19.3 Å². The Morgan fingerprint density at radius 3 is 1.54 bits per heavy atom. The molecular weight excluding hydrogens is 350 g/mol. The molecule has 0 aliphatic heterocycles. The summed E-state index contributed by atoms with van der Waals surface area (Å²) in [4.78, 5) is 11.9. The van der Waals surface area contributed by atoms with Gasteiger partial charge in [-0.3, -0.25) is 4.79 Å². The van der Waals surface area contributed by atoms with E-state index in [4.69, 9.17) is 0 Å². The first-order valence-corrected chi connectivity index (χ1v) is 12.2. The highest BCUT2D eigenvalue weighted by Gasteiger charge is 2.19. The molecule has 4 heteroatoms. The van der Waals surface area contributed by atoms with Gasteiger partial charge in [0.15, 0.2) is 0 Å². The molecule has 2 atom stereocenters.